The molecule has 0 spiro atoms. The smallest absolute Gasteiger partial charge is 0.161 e. The Morgan fingerprint density at radius 3 is 3.07 bits per heavy atom. The Hall–Kier alpha value is -0.940. The minimum absolute atomic E-state index is 0.655. The van der Waals surface area contributed by atoms with Crippen molar-refractivity contribution < 1.29 is 4.74 Å². The maximum Gasteiger partial charge on any atom is 0.161 e. The Morgan fingerprint density at radius 1 is 1.43 bits per heavy atom. The molecule has 0 aliphatic heterocycles. The largest absolute Gasteiger partial charge is 0.384 e. The minimum atomic E-state index is 0.655. The molecule has 5 heteroatoms. The molecule has 2 aromatic heterocycles. The number of ether oxygens (including phenoxy) is 1. The Balaban J connectivity index is 2.45. The third kappa shape index (κ3) is 1.65. The molecule has 0 N–H and O–H groups in total. The van der Waals surface area contributed by atoms with E-state index in [1.807, 2.05) is 22.6 Å². The first kappa shape index (κ1) is 9.61. The number of nitrogens with zero attached hydrogens (tertiary/aromatic N) is 3. The number of halogens is 1. The molecule has 0 saturated heterocycles. The molecule has 0 aromatic carbocycles. The Bertz CT molecular complexity index is 441. The lowest BCUT2D eigenvalue weighted by Crippen LogP contribution is -2.01. The van der Waals surface area contributed by atoms with Crippen LogP contribution in [-0.4, -0.2) is 28.3 Å². The van der Waals surface area contributed by atoms with Crippen LogP contribution in [0.25, 0.3) is 5.65 Å². The van der Waals surface area contributed by atoms with Gasteiger partial charge in [0.2, 0.25) is 0 Å². The van der Waals surface area contributed by atoms with Gasteiger partial charge < -0.3 is 4.74 Å². The first-order chi connectivity index (χ1) is 6.83. The average molecular weight is 256 g/mol. The van der Waals surface area contributed by atoms with Gasteiger partial charge in [-0.15, -0.1) is 10.2 Å². The second kappa shape index (κ2) is 4.06. The van der Waals surface area contributed by atoms with Gasteiger partial charge in [0.25, 0.3) is 0 Å². The van der Waals surface area contributed by atoms with Gasteiger partial charge in [0, 0.05) is 13.5 Å². The topological polar surface area (TPSA) is 39.4 Å². The second-order valence-corrected chi connectivity index (χ2v) is 3.71. The summed E-state index contributed by atoms with van der Waals surface area (Å²) in [6, 6.07) is 5.83. The predicted molar refractivity (Wildman–Crippen MR) is 56.3 cm³/mol. The van der Waals surface area contributed by atoms with Gasteiger partial charge >= 0.3 is 0 Å². The van der Waals surface area contributed by atoms with E-state index in [4.69, 9.17) is 4.74 Å². The summed E-state index contributed by atoms with van der Waals surface area (Å²) in [5.74, 6) is 0.911. The molecule has 0 saturated carbocycles. The molecular weight excluding hydrogens is 246 g/mol. The van der Waals surface area contributed by atoms with Crippen LogP contribution in [0.3, 0.4) is 0 Å². The quantitative estimate of drug-likeness (QED) is 0.784. The van der Waals surface area contributed by atoms with Crippen LogP contribution in [0, 0.1) is 0 Å². The van der Waals surface area contributed by atoms with Gasteiger partial charge in [-0.2, -0.15) is 0 Å². The van der Waals surface area contributed by atoms with Crippen LogP contribution in [0.2, 0.25) is 0 Å². The fraction of sp³-hybridized carbons (Fsp3) is 0.333. The summed E-state index contributed by atoms with van der Waals surface area (Å²) >= 11 is 3.46. The van der Waals surface area contributed by atoms with Crippen LogP contribution in [0.5, 0.6) is 0 Å². The Kier molecular flexibility index (Phi) is 2.79. The zero-order valence-corrected chi connectivity index (χ0v) is 9.36. The van der Waals surface area contributed by atoms with Gasteiger partial charge in [0.1, 0.15) is 5.82 Å². The van der Waals surface area contributed by atoms with Crippen LogP contribution in [0.15, 0.2) is 22.8 Å². The van der Waals surface area contributed by atoms with E-state index in [-0.39, 0.29) is 0 Å². The summed E-state index contributed by atoms with van der Waals surface area (Å²) in [7, 11) is 1.68. The van der Waals surface area contributed by atoms with Crippen LogP contribution in [-0.2, 0) is 11.2 Å². The number of fused-ring (bicyclic) bond motifs is 1. The summed E-state index contributed by atoms with van der Waals surface area (Å²) < 4.78 is 7.94. The van der Waals surface area contributed by atoms with Crippen molar-refractivity contribution in [2.24, 2.45) is 0 Å². The molecule has 4 nitrogen and oxygen atoms in total. The number of hydrogen-bond donors (Lipinski definition) is 0. The lowest BCUT2D eigenvalue weighted by atomic mass is 10.4. The number of aromatic nitrogens is 3. The van der Waals surface area contributed by atoms with Crippen molar-refractivity contribution in [1.82, 2.24) is 14.6 Å². The molecular formula is C9H10BrN3O. The van der Waals surface area contributed by atoms with E-state index in [9.17, 15) is 0 Å². The molecule has 0 bridgehead atoms. The van der Waals surface area contributed by atoms with Gasteiger partial charge in [-0.05, 0) is 28.1 Å². The Labute approximate surface area is 90.0 Å². The van der Waals surface area contributed by atoms with E-state index in [1.54, 1.807) is 7.11 Å². The molecule has 2 aromatic rings. The van der Waals surface area contributed by atoms with Gasteiger partial charge in [-0.3, -0.25) is 4.40 Å². The van der Waals surface area contributed by atoms with Crippen LogP contribution in [0.4, 0.5) is 0 Å². The first-order valence-electron chi connectivity index (χ1n) is 4.30. The minimum Gasteiger partial charge on any atom is -0.384 e. The van der Waals surface area contributed by atoms with E-state index in [0.29, 0.717) is 6.61 Å². The van der Waals surface area contributed by atoms with Crippen molar-refractivity contribution in [3.8, 4) is 0 Å². The first-order valence-corrected chi connectivity index (χ1v) is 5.09. The van der Waals surface area contributed by atoms with Crippen LogP contribution in [0.1, 0.15) is 5.82 Å². The van der Waals surface area contributed by atoms with Crippen molar-refractivity contribution in [3.63, 3.8) is 0 Å². The summed E-state index contributed by atoms with van der Waals surface area (Å²) in [5.41, 5.74) is 0.852. The summed E-state index contributed by atoms with van der Waals surface area (Å²) in [6.45, 7) is 0.655. The van der Waals surface area contributed by atoms with Crippen molar-refractivity contribution in [3.05, 3.63) is 28.6 Å². The summed E-state index contributed by atoms with van der Waals surface area (Å²) in [4.78, 5) is 0. The fourth-order valence-corrected chi connectivity index (χ4v) is 1.85. The third-order valence-electron chi connectivity index (χ3n) is 1.98. The summed E-state index contributed by atoms with van der Waals surface area (Å²) in [5, 5.41) is 8.16. The zero-order valence-electron chi connectivity index (χ0n) is 7.77. The molecule has 0 amide bonds. The normalized spacial score (nSPS) is 11.0. The fourth-order valence-electron chi connectivity index (χ4n) is 1.31. The van der Waals surface area contributed by atoms with E-state index < -0.39 is 0 Å². The molecule has 14 heavy (non-hydrogen) atoms. The van der Waals surface area contributed by atoms with E-state index in [1.165, 1.54) is 0 Å². The Morgan fingerprint density at radius 2 is 2.29 bits per heavy atom. The number of rotatable bonds is 3. The second-order valence-electron chi connectivity index (χ2n) is 2.90. The van der Waals surface area contributed by atoms with Crippen molar-refractivity contribution >= 4 is 21.6 Å². The molecule has 2 rings (SSSR count). The van der Waals surface area contributed by atoms with E-state index in [0.717, 1.165) is 22.5 Å². The maximum absolute atomic E-state index is 5.01. The van der Waals surface area contributed by atoms with E-state index in [2.05, 4.69) is 26.1 Å². The van der Waals surface area contributed by atoms with Crippen LogP contribution < -0.4 is 0 Å². The standard InChI is InChI=1S/C9H10BrN3O/c1-14-6-5-9-12-11-8-4-2-3-7(10)13(8)9/h2-4H,5-6H2,1H3. The van der Waals surface area contributed by atoms with Crippen molar-refractivity contribution in [1.29, 1.82) is 0 Å². The lowest BCUT2D eigenvalue weighted by Gasteiger charge is -2.00. The van der Waals surface area contributed by atoms with Gasteiger partial charge in [0.05, 0.1) is 11.2 Å². The monoisotopic (exact) mass is 255 g/mol. The molecule has 0 unspecified atom stereocenters. The average Bonchev–Trinajstić information content (AvgIpc) is 2.59. The molecule has 0 radical (unpaired) electrons. The molecule has 0 aliphatic rings. The number of methoxy groups -OCH3 is 1. The maximum atomic E-state index is 5.01. The molecule has 74 valence electrons. The number of hydrogen-bond acceptors (Lipinski definition) is 3. The third-order valence-corrected chi connectivity index (χ3v) is 2.60. The van der Waals surface area contributed by atoms with Crippen LogP contribution >= 0.6 is 15.9 Å². The van der Waals surface area contributed by atoms with Gasteiger partial charge in [0.15, 0.2) is 5.65 Å². The summed E-state index contributed by atoms with van der Waals surface area (Å²) in [6.07, 6.45) is 0.764. The highest BCUT2D eigenvalue weighted by Crippen LogP contribution is 2.14. The SMILES string of the molecule is COCCc1nnc2cccc(Br)n12. The van der Waals surface area contributed by atoms with Crippen molar-refractivity contribution in [2.45, 2.75) is 6.42 Å². The van der Waals surface area contributed by atoms with Gasteiger partial charge in [-0.25, -0.2) is 0 Å². The lowest BCUT2D eigenvalue weighted by molar-refractivity contribution is 0.200. The zero-order chi connectivity index (χ0) is 9.97. The molecule has 2 heterocycles. The molecule has 0 fully saturated rings. The number of pyridine rings is 1. The highest BCUT2D eigenvalue weighted by molar-refractivity contribution is 9.10. The highest BCUT2D eigenvalue weighted by Gasteiger charge is 2.06. The molecule has 0 atom stereocenters. The van der Waals surface area contributed by atoms with Crippen molar-refractivity contribution in [2.75, 3.05) is 13.7 Å². The molecule has 0 aliphatic carbocycles. The van der Waals surface area contributed by atoms with E-state index >= 15 is 0 Å². The predicted octanol–water partition coefficient (Wildman–Crippen LogP) is 1.68. The van der Waals surface area contributed by atoms with Gasteiger partial charge in [-0.1, -0.05) is 6.07 Å². The highest BCUT2D eigenvalue weighted by atomic mass is 79.9.